The van der Waals surface area contributed by atoms with E-state index in [0.29, 0.717) is 6.42 Å². The molecule has 0 unspecified atom stereocenters. The fourth-order valence-electron chi connectivity index (χ4n) is 2.46. The molecule has 0 atom stereocenters. The van der Waals surface area contributed by atoms with Crippen LogP contribution in [-0.4, -0.2) is 5.78 Å². The summed E-state index contributed by atoms with van der Waals surface area (Å²) in [7, 11) is 0. The second kappa shape index (κ2) is 3.31. The molecule has 1 heteroatoms. The van der Waals surface area contributed by atoms with E-state index < -0.39 is 0 Å². The first-order chi connectivity index (χ1) is 7.77. The second-order valence-electron chi connectivity index (χ2n) is 4.25. The van der Waals surface area contributed by atoms with Crippen molar-refractivity contribution < 1.29 is 4.79 Å². The molecule has 0 N–H and O–H groups in total. The third-order valence-electron chi connectivity index (χ3n) is 3.21. The van der Waals surface area contributed by atoms with Gasteiger partial charge in [0.05, 0.1) is 0 Å². The number of hydrogen-bond acceptors (Lipinski definition) is 1. The van der Waals surface area contributed by atoms with E-state index in [1.54, 1.807) is 0 Å². The molecule has 0 aromatic heterocycles. The molecule has 1 aliphatic rings. The largest absolute Gasteiger partial charge is 0.294 e. The lowest BCUT2D eigenvalue weighted by atomic mass is 9.83. The lowest BCUT2D eigenvalue weighted by Crippen LogP contribution is -2.13. The van der Waals surface area contributed by atoms with Gasteiger partial charge in [0.2, 0.25) is 0 Å². The first-order valence-electron chi connectivity index (χ1n) is 5.48. The molecule has 0 radical (unpaired) electrons. The number of Topliss-reactive ketones (excluding diaryl/α,β-unsaturated/α-hetero) is 1. The Kier molecular flexibility index (Phi) is 1.93. The molecule has 0 saturated carbocycles. The number of ketones is 1. The lowest BCUT2D eigenvalue weighted by molar-refractivity contribution is 0.0991. The topological polar surface area (TPSA) is 17.1 Å². The summed E-state index contributed by atoms with van der Waals surface area (Å²) in [5, 5.41) is 0. The third-order valence-corrected chi connectivity index (χ3v) is 3.21. The van der Waals surface area contributed by atoms with Crippen molar-refractivity contribution >= 4 is 5.78 Å². The van der Waals surface area contributed by atoms with E-state index in [0.717, 1.165) is 22.3 Å². The number of carbonyl (C=O) groups excluding carboxylic acids is 1. The Hall–Kier alpha value is -1.89. The Balaban J connectivity index is 2.37. The highest BCUT2D eigenvalue weighted by atomic mass is 16.1. The Morgan fingerprint density at radius 3 is 2.56 bits per heavy atom. The minimum absolute atomic E-state index is 0.242. The molecule has 1 aliphatic carbocycles. The van der Waals surface area contributed by atoms with Gasteiger partial charge < -0.3 is 0 Å². The van der Waals surface area contributed by atoms with Gasteiger partial charge in [0.15, 0.2) is 5.78 Å². The third kappa shape index (κ3) is 1.21. The van der Waals surface area contributed by atoms with Gasteiger partial charge in [-0.1, -0.05) is 42.5 Å². The van der Waals surface area contributed by atoms with E-state index in [9.17, 15) is 4.79 Å². The number of benzene rings is 2. The quantitative estimate of drug-likeness (QED) is 0.648. The van der Waals surface area contributed by atoms with Crippen LogP contribution in [0.2, 0.25) is 0 Å². The molecule has 16 heavy (non-hydrogen) atoms. The monoisotopic (exact) mass is 208 g/mol. The fraction of sp³-hybridized carbons (Fsp3) is 0.133. The number of carbonyl (C=O) groups is 1. The maximum Gasteiger partial charge on any atom is 0.168 e. The van der Waals surface area contributed by atoms with Crippen molar-refractivity contribution in [2.24, 2.45) is 0 Å². The predicted molar refractivity (Wildman–Crippen MR) is 64.6 cm³/mol. The van der Waals surface area contributed by atoms with Crippen LogP contribution in [0, 0.1) is 6.92 Å². The van der Waals surface area contributed by atoms with E-state index in [1.165, 1.54) is 5.56 Å². The van der Waals surface area contributed by atoms with Crippen LogP contribution in [0.4, 0.5) is 0 Å². The van der Waals surface area contributed by atoms with Crippen LogP contribution >= 0.6 is 0 Å². The van der Waals surface area contributed by atoms with Gasteiger partial charge >= 0.3 is 0 Å². The Bertz CT molecular complexity index is 582. The van der Waals surface area contributed by atoms with Gasteiger partial charge in [-0.05, 0) is 29.2 Å². The molecule has 0 spiro atoms. The molecule has 0 saturated heterocycles. The first-order valence-corrected chi connectivity index (χ1v) is 5.48. The number of hydrogen-bond donors (Lipinski definition) is 0. The van der Waals surface area contributed by atoms with Gasteiger partial charge in [-0.15, -0.1) is 0 Å². The van der Waals surface area contributed by atoms with Crippen LogP contribution in [0.15, 0.2) is 42.5 Å². The van der Waals surface area contributed by atoms with Crippen LogP contribution in [-0.2, 0) is 6.42 Å². The molecule has 3 rings (SSSR count). The fourth-order valence-corrected chi connectivity index (χ4v) is 2.46. The molecule has 0 fully saturated rings. The zero-order valence-corrected chi connectivity index (χ0v) is 9.16. The molecular weight excluding hydrogens is 196 g/mol. The van der Waals surface area contributed by atoms with Gasteiger partial charge in [-0.3, -0.25) is 4.79 Å². The summed E-state index contributed by atoms with van der Waals surface area (Å²) in [4.78, 5) is 12.1. The van der Waals surface area contributed by atoms with Crippen LogP contribution in [0.25, 0.3) is 11.1 Å². The lowest BCUT2D eigenvalue weighted by Gasteiger charge is -2.20. The van der Waals surface area contributed by atoms with Crippen LogP contribution in [0.1, 0.15) is 21.5 Å². The number of aryl methyl sites for hydroxylation is 1. The second-order valence-corrected chi connectivity index (χ2v) is 4.25. The maximum absolute atomic E-state index is 12.1. The SMILES string of the molecule is Cc1cccc2c1C(=O)Cc1ccccc1-2. The smallest absolute Gasteiger partial charge is 0.168 e. The summed E-state index contributed by atoms with van der Waals surface area (Å²) >= 11 is 0. The van der Waals surface area contributed by atoms with E-state index in [-0.39, 0.29) is 5.78 Å². The predicted octanol–water partition coefficient (Wildman–Crippen LogP) is 3.40. The van der Waals surface area contributed by atoms with Crippen molar-refractivity contribution in [1.82, 2.24) is 0 Å². The number of rotatable bonds is 0. The van der Waals surface area contributed by atoms with Crippen molar-refractivity contribution in [3.8, 4) is 11.1 Å². The van der Waals surface area contributed by atoms with E-state index in [2.05, 4.69) is 6.07 Å². The Morgan fingerprint density at radius 2 is 1.69 bits per heavy atom. The van der Waals surface area contributed by atoms with E-state index >= 15 is 0 Å². The minimum Gasteiger partial charge on any atom is -0.294 e. The summed E-state index contributed by atoms with van der Waals surface area (Å²) < 4.78 is 0. The summed E-state index contributed by atoms with van der Waals surface area (Å²) in [5.41, 5.74) is 5.43. The van der Waals surface area contributed by atoms with Crippen molar-refractivity contribution in [2.45, 2.75) is 13.3 Å². The van der Waals surface area contributed by atoms with E-state index in [1.807, 2.05) is 43.3 Å². The summed E-state index contributed by atoms with van der Waals surface area (Å²) in [6.45, 7) is 2.00. The minimum atomic E-state index is 0.242. The molecule has 78 valence electrons. The Morgan fingerprint density at radius 1 is 0.938 bits per heavy atom. The standard InChI is InChI=1S/C15H12O/c1-10-5-4-8-13-12-7-3-2-6-11(12)9-14(16)15(10)13/h2-8H,9H2,1H3. The van der Waals surface area contributed by atoms with Crippen LogP contribution in [0.3, 0.4) is 0 Å². The maximum atomic E-state index is 12.1. The van der Waals surface area contributed by atoms with Gasteiger partial charge in [0.1, 0.15) is 0 Å². The molecule has 0 amide bonds. The van der Waals surface area contributed by atoms with Crippen molar-refractivity contribution in [3.63, 3.8) is 0 Å². The zero-order chi connectivity index (χ0) is 11.1. The molecule has 2 aromatic rings. The molecule has 2 aromatic carbocycles. The highest BCUT2D eigenvalue weighted by Crippen LogP contribution is 2.34. The van der Waals surface area contributed by atoms with Crippen LogP contribution < -0.4 is 0 Å². The molecule has 0 bridgehead atoms. The highest BCUT2D eigenvalue weighted by molar-refractivity contribution is 6.08. The summed E-state index contributed by atoms with van der Waals surface area (Å²) in [6.07, 6.45) is 0.536. The first kappa shape index (κ1) is 9.34. The van der Waals surface area contributed by atoms with Gasteiger partial charge in [0, 0.05) is 12.0 Å². The molecule has 0 heterocycles. The molecule has 0 aliphatic heterocycles. The average molecular weight is 208 g/mol. The zero-order valence-electron chi connectivity index (χ0n) is 9.16. The molecular formula is C15H12O. The van der Waals surface area contributed by atoms with Crippen LogP contribution in [0.5, 0.6) is 0 Å². The summed E-state index contributed by atoms with van der Waals surface area (Å²) in [6, 6.07) is 14.2. The highest BCUT2D eigenvalue weighted by Gasteiger charge is 2.22. The number of fused-ring (bicyclic) bond motifs is 3. The average Bonchev–Trinajstić information content (AvgIpc) is 2.29. The van der Waals surface area contributed by atoms with Gasteiger partial charge in [-0.2, -0.15) is 0 Å². The Labute approximate surface area is 94.7 Å². The van der Waals surface area contributed by atoms with E-state index in [4.69, 9.17) is 0 Å². The van der Waals surface area contributed by atoms with Crippen molar-refractivity contribution in [1.29, 1.82) is 0 Å². The molecule has 1 nitrogen and oxygen atoms in total. The normalized spacial score (nSPS) is 13.2. The van der Waals surface area contributed by atoms with Crippen molar-refractivity contribution in [3.05, 3.63) is 59.2 Å². The summed E-state index contributed by atoms with van der Waals surface area (Å²) in [5.74, 6) is 0.242. The van der Waals surface area contributed by atoms with Crippen molar-refractivity contribution in [2.75, 3.05) is 0 Å². The van der Waals surface area contributed by atoms with Gasteiger partial charge in [0.25, 0.3) is 0 Å². The van der Waals surface area contributed by atoms with Gasteiger partial charge in [-0.25, -0.2) is 0 Å².